The number of rotatable bonds is 3. The number of benzene rings is 1. The predicted octanol–water partition coefficient (Wildman–Crippen LogP) is 4.31. The third kappa shape index (κ3) is 1.96. The number of aromatic nitrogens is 1. The van der Waals surface area contributed by atoms with Gasteiger partial charge in [0.2, 0.25) is 0 Å². The maximum absolute atomic E-state index is 5.29. The summed E-state index contributed by atoms with van der Waals surface area (Å²) in [5.41, 5.74) is 4.25. The van der Waals surface area contributed by atoms with Crippen LogP contribution in [0, 0.1) is 0 Å². The van der Waals surface area contributed by atoms with Crippen LogP contribution in [0.1, 0.15) is 30.5 Å². The number of fused-ring (bicyclic) bond motifs is 1. The van der Waals surface area contributed by atoms with Crippen LogP contribution in [0.4, 0.5) is 0 Å². The summed E-state index contributed by atoms with van der Waals surface area (Å²) in [5.74, 6) is 1.43. The van der Waals surface area contributed by atoms with E-state index in [4.69, 9.17) is 4.74 Å². The Hall–Kier alpha value is -1.96. The summed E-state index contributed by atoms with van der Waals surface area (Å²) in [6, 6.07) is 8.70. The Morgan fingerprint density at radius 2 is 2.10 bits per heavy atom. The summed E-state index contributed by atoms with van der Waals surface area (Å²) < 4.78 is 7.64. The fourth-order valence-electron chi connectivity index (χ4n) is 3.28. The van der Waals surface area contributed by atoms with Crippen molar-refractivity contribution in [2.24, 2.45) is 7.05 Å². The van der Waals surface area contributed by atoms with Crippen LogP contribution in [-0.4, -0.2) is 11.7 Å². The van der Waals surface area contributed by atoms with Crippen LogP contribution >= 0.6 is 0 Å². The van der Waals surface area contributed by atoms with Crippen molar-refractivity contribution in [3.8, 4) is 0 Å². The molecule has 0 saturated heterocycles. The first-order valence-electron chi connectivity index (χ1n) is 7.24. The van der Waals surface area contributed by atoms with Gasteiger partial charge >= 0.3 is 0 Å². The summed E-state index contributed by atoms with van der Waals surface area (Å²) in [7, 11) is 3.90. The molecule has 3 rings (SSSR count). The van der Waals surface area contributed by atoms with Crippen LogP contribution in [0.5, 0.6) is 0 Å². The molecule has 0 radical (unpaired) electrons. The van der Waals surface area contributed by atoms with Crippen molar-refractivity contribution in [2.45, 2.75) is 25.7 Å². The van der Waals surface area contributed by atoms with Gasteiger partial charge in [-0.1, -0.05) is 31.2 Å². The minimum Gasteiger partial charge on any atom is -0.497 e. The van der Waals surface area contributed by atoms with E-state index in [2.05, 4.69) is 61.0 Å². The second kappa shape index (κ2) is 5.20. The first-order chi connectivity index (χ1) is 9.76. The molecular weight excluding hydrogens is 246 g/mol. The monoisotopic (exact) mass is 267 g/mol. The molecule has 1 aromatic carbocycles. The molecule has 0 spiro atoms. The highest BCUT2D eigenvalue weighted by molar-refractivity contribution is 5.86. The largest absolute Gasteiger partial charge is 0.497 e. The van der Waals surface area contributed by atoms with E-state index in [-0.39, 0.29) is 0 Å². The first-order valence-corrected chi connectivity index (χ1v) is 7.24. The third-order valence-electron chi connectivity index (χ3n) is 4.28. The normalized spacial score (nSPS) is 18.4. The highest BCUT2D eigenvalue weighted by atomic mass is 16.5. The van der Waals surface area contributed by atoms with E-state index in [1.54, 1.807) is 7.11 Å². The number of allylic oxidation sites excluding steroid dienone is 3. The summed E-state index contributed by atoms with van der Waals surface area (Å²) in [6.07, 6.45) is 8.63. The van der Waals surface area contributed by atoms with Gasteiger partial charge in [-0.3, -0.25) is 0 Å². The summed E-state index contributed by atoms with van der Waals surface area (Å²) >= 11 is 0. The van der Waals surface area contributed by atoms with Crippen molar-refractivity contribution in [1.82, 2.24) is 4.57 Å². The molecule has 2 nitrogen and oxygen atoms in total. The van der Waals surface area contributed by atoms with Crippen molar-refractivity contribution in [3.05, 3.63) is 59.5 Å². The van der Waals surface area contributed by atoms with Crippen LogP contribution in [0.25, 0.3) is 10.9 Å². The topological polar surface area (TPSA) is 14.2 Å². The Kier molecular flexibility index (Phi) is 3.39. The molecular formula is C18H21NO. The molecule has 1 atom stereocenters. The van der Waals surface area contributed by atoms with E-state index in [1.807, 2.05) is 0 Å². The van der Waals surface area contributed by atoms with Gasteiger partial charge in [0.1, 0.15) is 5.76 Å². The highest BCUT2D eigenvalue weighted by Gasteiger charge is 2.21. The standard InChI is InChI=1S/C18H21NO/c1-4-16-18(13-9-11-14(20-3)12-10-13)15-7-5-6-8-17(15)19(16)2/h5-9,11-13H,4,10H2,1-3H3. The zero-order valence-corrected chi connectivity index (χ0v) is 12.4. The Labute approximate surface area is 120 Å². The van der Waals surface area contributed by atoms with Gasteiger partial charge < -0.3 is 9.30 Å². The molecule has 1 heterocycles. The van der Waals surface area contributed by atoms with Gasteiger partial charge in [-0.2, -0.15) is 0 Å². The molecule has 0 aliphatic heterocycles. The zero-order chi connectivity index (χ0) is 14.1. The van der Waals surface area contributed by atoms with E-state index < -0.39 is 0 Å². The molecule has 0 N–H and O–H groups in total. The second-order valence-corrected chi connectivity index (χ2v) is 5.30. The molecule has 20 heavy (non-hydrogen) atoms. The Balaban J connectivity index is 2.12. The van der Waals surface area contributed by atoms with Crippen LogP contribution < -0.4 is 0 Å². The molecule has 1 aliphatic rings. The zero-order valence-electron chi connectivity index (χ0n) is 12.4. The molecule has 1 aromatic heterocycles. The third-order valence-corrected chi connectivity index (χ3v) is 4.28. The number of ether oxygens (including phenoxy) is 1. The van der Waals surface area contributed by atoms with Gasteiger partial charge in [-0.25, -0.2) is 0 Å². The minimum atomic E-state index is 0.454. The van der Waals surface area contributed by atoms with Crippen LogP contribution in [0.3, 0.4) is 0 Å². The van der Waals surface area contributed by atoms with Crippen molar-refractivity contribution in [2.75, 3.05) is 7.11 Å². The molecule has 1 unspecified atom stereocenters. The molecule has 2 heteroatoms. The lowest BCUT2D eigenvalue weighted by Crippen LogP contribution is -2.04. The van der Waals surface area contributed by atoms with Gasteiger partial charge in [-0.05, 0) is 36.6 Å². The van der Waals surface area contributed by atoms with Crippen molar-refractivity contribution >= 4 is 10.9 Å². The SMILES string of the molecule is CCc1c(C2C=CC(OC)=CC2)c2ccccc2n1C. The van der Waals surface area contributed by atoms with E-state index in [0.717, 1.165) is 18.6 Å². The lowest BCUT2D eigenvalue weighted by Gasteiger charge is -2.17. The molecule has 104 valence electrons. The number of hydrogen-bond donors (Lipinski definition) is 0. The van der Waals surface area contributed by atoms with Gasteiger partial charge in [-0.15, -0.1) is 0 Å². The maximum atomic E-state index is 5.29. The van der Waals surface area contributed by atoms with Crippen molar-refractivity contribution in [3.63, 3.8) is 0 Å². The number of nitrogens with zero attached hydrogens (tertiary/aromatic N) is 1. The van der Waals surface area contributed by atoms with Crippen LogP contribution in [0.2, 0.25) is 0 Å². The summed E-state index contributed by atoms with van der Waals surface area (Å²) in [4.78, 5) is 0. The fraction of sp³-hybridized carbons (Fsp3) is 0.333. The van der Waals surface area contributed by atoms with E-state index in [9.17, 15) is 0 Å². The minimum absolute atomic E-state index is 0.454. The average molecular weight is 267 g/mol. The van der Waals surface area contributed by atoms with Gasteiger partial charge in [0.15, 0.2) is 0 Å². The lowest BCUT2D eigenvalue weighted by atomic mass is 9.89. The van der Waals surface area contributed by atoms with E-state index >= 15 is 0 Å². The van der Waals surface area contributed by atoms with Gasteiger partial charge in [0.05, 0.1) is 7.11 Å². The van der Waals surface area contributed by atoms with Crippen molar-refractivity contribution in [1.29, 1.82) is 0 Å². The lowest BCUT2D eigenvalue weighted by molar-refractivity contribution is 0.303. The predicted molar refractivity (Wildman–Crippen MR) is 83.9 cm³/mol. The first kappa shape index (κ1) is 13.0. The van der Waals surface area contributed by atoms with Gasteiger partial charge in [0, 0.05) is 29.6 Å². The average Bonchev–Trinajstić information content (AvgIpc) is 2.80. The van der Waals surface area contributed by atoms with Crippen LogP contribution in [-0.2, 0) is 18.2 Å². The molecule has 2 aromatic rings. The van der Waals surface area contributed by atoms with Crippen LogP contribution in [0.15, 0.2) is 48.3 Å². The quantitative estimate of drug-likeness (QED) is 0.808. The van der Waals surface area contributed by atoms with Gasteiger partial charge in [0.25, 0.3) is 0 Å². The Bertz CT molecular complexity index is 691. The number of hydrogen-bond acceptors (Lipinski definition) is 1. The molecule has 1 aliphatic carbocycles. The highest BCUT2D eigenvalue weighted by Crippen LogP contribution is 2.36. The summed E-state index contributed by atoms with van der Waals surface area (Å²) in [6.45, 7) is 2.24. The number of methoxy groups -OCH3 is 1. The molecule has 0 fully saturated rings. The molecule has 0 bridgehead atoms. The van der Waals surface area contributed by atoms with Crippen molar-refractivity contribution < 1.29 is 4.74 Å². The Morgan fingerprint density at radius 1 is 1.30 bits per heavy atom. The maximum Gasteiger partial charge on any atom is 0.114 e. The number of aryl methyl sites for hydroxylation is 1. The smallest absolute Gasteiger partial charge is 0.114 e. The summed E-state index contributed by atoms with van der Waals surface area (Å²) in [5, 5.41) is 1.38. The number of para-hydroxylation sites is 1. The second-order valence-electron chi connectivity index (χ2n) is 5.30. The van der Waals surface area contributed by atoms with E-state index in [1.165, 1.54) is 22.2 Å². The van der Waals surface area contributed by atoms with E-state index in [0.29, 0.717) is 5.92 Å². The fourth-order valence-corrected chi connectivity index (χ4v) is 3.28. The molecule has 0 saturated carbocycles. The molecule has 0 amide bonds. The Morgan fingerprint density at radius 3 is 2.75 bits per heavy atom.